The van der Waals surface area contributed by atoms with Crippen molar-refractivity contribution in [3.63, 3.8) is 0 Å². The van der Waals surface area contributed by atoms with E-state index in [9.17, 15) is 13.2 Å². The van der Waals surface area contributed by atoms with E-state index in [-0.39, 0.29) is 16.3 Å². The summed E-state index contributed by atoms with van der Waals surface area (Å²) in [5, 5.41) is 8.35. The van der Waals surface area contributed by atoms with Gasteiger partial charge in [0.25, 0.3) is 0 Å². The molecule has 5 nitrogen and oxygen atoms in total. The van der Waals surface area contributed by atoms with Gasteiger partial charge in [0.2, 0.25) is 10.0 Å². The largest absolute Gasteiger partial charge is 0.478 e. The van der Waals surface area contributed by atoms with Gasteiger partial charge in [-0.25, -0.2) is 13.2 Å². The Labute approximate surface area is 104 Å². The second-order valence-electron chi connectivity index (χ2n) is 3.73. The third-order valence-electron chi connectivity index (χ3n) is 2.03. The number of nitrogens with one attached hydrogen (secondary N) is 1. The molecular weight excluding hydrogens is 266 g/mol. The Morgan fingerprint density at radius 3 is 2.41 bits per heavy atom. The molecule has 0 spiro atoms. The lowest BCUT2D eigenvalue weighted by atomic mass is 10.2. The van der Waals surface area contributed by atoms with Crippen molar-refractivity contribution in [2.24, 2.45) is 0 Å². The fourth-order valence-corrected chi connectivity index (χ4v) is 1.97. The molecule has 0 bridgehead atoms. The highest BCUT2D eigenvalue weighted by Gasteiger charge is 2.16. The minimum absolute atomic E-state index is 0.0704. The minimum Gasteiger partial charge on any atom is -0.478 e. The van der Waals surface area contributed by atoms with Gasteiger partial charge in [0.15, 0.2) is 0 Å². The highest BCUT2D eigenvalue weighted by atomic mass is 35.5. The molecule has 0 aliphatic carbocycles. The lowest BCUT2D eigenvalue weighted by Crippen LogP contribution is -2.22. The Bertz CT molecular complexity index is 539. The Morgan fingerprint density at radius 1 is 1.35 bits per heavy atom. The molecule has 0 aromatic heterocycles. The van der Waals surface area contributed by atoms with E-state index in [0.717, 1.165) is 0 Å². The summed E-state index contributed by atoms with van der Waals surface area (Å²) in [5.74, 6) is -1.17. The molecule has 0 heterocycles. The molecule has 17 heavy (non-hydrogen) atoms. The van der Waals surface area contributed by atoms with E-state index >= 15 is 0 Å². The summed E-state index contributed by atoms with van der Waals surface area (Å²) in [6, 6.07) is 3.82. The van der Waals surface area contributed by atoms with Gasteiger partial charge in [-0.1, -0.05) is 11.6 Å². The smallest absolute Gasteiger partial charge is 0.335 e. The number of hydrogen-bond acceptors (Lipinski definition) is 3. The van der Waals surface area contributed by atoms with Crippen LogP contribution in [0.5, 0.6) is 0 Å². The molecule has 0 radical (unpaired) electrons. The maximum absolute atomic E-state index is 11.6. The quantitative estimate of drug-likeness (QED) is 0.884. The number of rotatable bonds is 4. The number of carboxylic acids is 1. The molecule has 0 saturated heterocycles. The number of carboxylic acid groups (broad SMARTS) is 1. The van der Waals surface area contributed by atoms with E-state index in [1.807, 2.05) is 0 Å². The van der Waals surface area contributed by atoms with E-state index in [1.165, 1.54) is 32.0 Å². The predicted molar refractivity (Wildman–Crippen MR) is 66.1 cm³/mol. The summed E-state index contributed by atoms with van der Waals surface area (Å²) < 4.78 is 25.5. The van der Waals surface area contributed by atoms with Gasteiger partial charge in [-0.3, -0.25) is 4.72 Å². The average Bonchev–Trinajstić information content (AvgIpc) is 2.15. The van der Waals surface area contributed by atoms with Crippen LogP contribution in [0.15, 0.2) is 18.2 Å². The van der Waals surface area contributed by atoms with Gasteiger partial charge in [-0.15, -0.1) is 0 Å². The summed E-state index contributed by atoms with van der Waals surface area (Å²) in [7, 11) is -3.51. The molecule has 1 aromatic rings. The third kappa shape index (κ3) is 3.61. The third-order valence-corrected chi connectivity index (χ3v) is 4.01. The van der Waals surface area contributed by atoms with Crippen molar-refractivity contribution in [3.05, 3.63) is 28.8 Å². The molecule has 0 aliphatic rings. The first-order chi connectivity index (χ1) is 7.72. The van der Waals surface area contributed by atoms with Crippen LogP contribution in [0, 0.1) is 0 Å². The van der Waals surface area contributed by atoms with E-state index in [1.54, 1.807) is 0 Å². The van der Waals surface area contributed by atoms with Crippen LogP contribution in [-0.2, 0) is 10.0 Å². The number of anilines is 1. The van der Waals surface area contributed by atoms with Crippen LogP contribution in [-0.4, -0.2) is 24.7 Å². The summed E-state index contributed by atoms with van der Waals surface area (Å²) in [4.78, 5) is 10.8. The SMILES string of the molecule is CC(C)S(=O)(=O)Nc1cc(Cl)cc(C(=O)O)c1. The number of hydrogen-bond donors (Lipinski definition) is 2. The van der Waals surface area contributed by atoms with E-state index < -0.39 is 21.2 Å². The Morgan fingerprint density at radius 2 is 1.94 bits per heavy atom. The molecule has 2 N–H and O–H groups in total. The molecule has 0 atom stereocenters. The standard InChI is InChI=1S/C10H12ClNO4S/c1-6(2)17(15,16)12-9-4-7(10(13)14)3-8(11)5-9/h3-6,12H,1-2H3,(H,13,14). The topological polar surface area (TPSA) is 83.5 Å². The lowest BCUT2D eigenvalue weighted by Gasteiger charge is -2.11. The van der Waals surface area contributed by atoms with Crippen molar-refractivity contribution < 1.29 is 18.3 Å². The normalized spacial score (nSPS) is 11.5. The van der Waals surface area contributed by atoms with Gasteiger partial charge in [0, 0.05) is 5.02 Å². The highest BCUT2D eigenvalue weighted by Crippen LogP contribution is 2.21. The summed E-state index contributed by atoms with van der Waals surface area (Å²) in [6.45, 7) is 3.04. The Kier molecular flexibility index (Phi) is 4.00. The van der Waals surface area contributed by atoms with Crippen LogP contribution < -0.4 is 4.72 Å². The van der Waals surface area contributed by atoms with Gasteiger partial charge in [-0.05, 0) is 32.0 Å². The zero-order chi connectivity index (χ0) is 13.2. The molecule has 1 aromatic carbocycles. The van der Waals surface area contributed by atoms with E-state index in [4.69, 9.17) is 16.7 Å². The zero-order valence-corrected chi connectivity index (χ0v) is 10.8. The van der Waals surface area contributed by atoms with Gasteiger partial charge in [0.05, 0.1) is 16.5 Å². The van der Waals surface area contributed by atoms with Gasteiger partial charge in [0.1, 0.15) is 0 Å². The maximum Gasteiger partial charge on any atom is 0.335 e. The van der Waals surface area contributed by atoms with Gasteiger partial charge >= 0.3 is 5.97 Å². The first kappa shape index (κ1) is 13.8. The number of aromatic carboxylic acids is 1. The average molecular weight is 278 g/mol. The molecule has 0 aliphatic heterocycles. The number of benzene rings is 1. The van der Waals surface area contributed by atoms with E-state index in [0.29, 0.717) is 0 Å². The van der Waals surface area contributed by atoms with E-state index in [2.05, 4.69) is 4.72 Å². The van der Waals surface area contributed by atoms with Crippen LogP contribution in [0.3, 0.4) is 0 Å². The molecule has 1 rings (SSSR count). The summed E-state index contributed by atoms with van der Waals surface area (Å²) >= 11 is 5.70. The molecule has 0 amide bonds. The van der Waals surface area contributed by atoms with Crippen molar-refractivity contribution in [2.45, 2.75) is 19.1 Å². The fraction of sp³-hybridized carbons (Fsp3) is 0.300. The molecule has 0 saturated carbocycles. The van der Waals surface area contributed by atoms with Crippen molar-refractivity contribution >= 4 is 33.3 Å². The second-order valence-corrected chi connectivity index (χ2v) is 6.40. The van der Waals surface area contributed by atoms with Crippen molar-refractivity contribution in [1.82, 2.24) is 0 Å². The van der Waals surface area contributed by atoms with Crippen LogP contribution in [0.25, 0.3) is 0 Å². The fourth-order valence-electron chi connectivity index (χ4n) is 1.05. The zero-order valence-electron chi connectivity index (χ0n) is 9.27. The monoisotopic (exact) mass is 277 g/mol. The molecule has 7 heteroatoms. The first-order valence-corrected chi connectivity index (χ1v) is 6.70. The number of sulfonamides is 1. The predicted octanol–water partition coefficient (Wildman–Crippen LogP) is 2.19. The van der Waals surface area contributed by atoms with Gasteiger partial charge < -0.3 is 5.11 Å². The van der Waals surface area contributed by atoms with Crippen LogP contribution in [0.2, 0.25) is 5.02 Å². The van der Waals surface area contributed by atoms with Crippen molar-refractivity contribution in [1.29, 1.82) is 0 Å². The number of carbonyl (C=O) groups is 1. The first-order valence-electron chi connectivity index (χ1n) is 4.78. The molecule has 94 valence electrons. The van der Waals surface area contributed by atoms with Crippen LogP contribution in [0.4, 0.5) is 5.69 Å². The van der Waals surface area contributed by atoms with Crippen LogP contribution in [0.1, 0.15) is 24.2 Å². The Hall–Kier alpha value is -1.27. The van der Waals surface area contributed by atoms with Gasteiger partial charge in [-0.2, -0.15) is 0 Å². The molecule has 0 fully saturated rings. The molecular formula is C10H12ClNO4S. The highest BCUT2D eigenvalue weighted by molar-refractivity contribution is 7.93. The summed E-state index contributed by atoms with van der Waals surface area (Å²) in [5.41, 5.74) is 0.0718. The minimum atomic E-state index is -3.51. The van der Waals surface area contributed by atoms with Crippen molar-refractivity contribution in [3.8, 4) is 0 Å². The Balaban J connectivity index is 3.12. The maximum atomic E-state index is 11.6. The van der Waals surface area contributed by atoms with Crippen LogP contribution >= 0.6 is 11.6 Å². The second kappa shape index (κ2) is 4.93. The number of halogens is 1. The molecule has 0 unspecified atom stereocenters. The lowest BCUT2D eigenvalue weighted by molar-refractivity contribution is 0.0697. The van der Waals surface area contributed by atoms with Crippen molar-refractivity contribution in [2.75, 3.05) is 4.72 Å². The summed E-state index contributed by atoms with van der Waals surface area (Å²) in [6.07, 6.45) is 0.